The molecular formula is C9H16N2OS. The molecule has 0 bridgehead atoms. The van der Waals surface area contributed by atoms with Crippen LogP contribution in [0, 0.1) is 6.92 Å². The molecule has 0 radical (unpaired) electrons. The van der Waals surface area contributed by atoms with Crippen LogP contribution in [0.5, 0.6) is 0 Å². The minimum absolute atomic E-state index is 0.00536. The maximum Gasteiger partial charge on any atom is 0.0931 e. The number of aliphatic hydroxyl groups is 1. The van der Waals surface area contributed by atoms with Crippen molar-refractivity contribution in [1.82, 2.24) is 4.98 Å². The van der Waals surface area contributed by atoms with Gasteiger partial charge in [0.2, 0.25) is 0 Å². The Hall–Kier alpha value is -0.450. The summed E-state index contributed by atoms with van der Waals surface area (Å²) in [7, 11) is 0. The van der Waals surface area contributed by atoms with Crippen molar-refractivity contribution in [2.45, 2.75) is 32.7 Å². The Morgan fingerprint density at radius 3 is 2.85 bits per heavy atom. The van der Waals surface area contributed by atoms with Gasteiger partial charge in [0.25, 0.3) is 0 Å². The van der Waals surface area contributed by atoms with Gasteiger partial charge >= 0.3 is 0 Å². The zero-order valence-corrected chi connectivity index (χ0v) is 8.90. The van der Waals surface area contributed by atoms with E-state index in [-0.39, 0.29) is 12.6 Å². The summed E-state index contributed by atoms with van der Waals surface area (Å²) in [6, 6.07) is -0.261. The van der Waals surface area contributed by atoms with E-state index in [2.05, 4.69) is 11.9 Å². The maximum absolute atomic E-state index is 8.91. The van der Waals surface area contributed by atoms with E-state index in [0.717, 1.165) is 28.4 Å². The highest BCUT2D eigenvalue weighted by Gasteiger charge is 2.13. The Kier molecular flexibility index (Phi) is 3.84. The number of aliphatic hydroxyl groups excluding tert-OH is 1. The Balaban J connectivity index is 2.82. The van der Waals surface area contributed by atoms with Gasteiger partial charge in [0.15, 0.2) is 0 Å². The van der Waals surface area contributed by atoms with E-state index in [4.69, 9.17) is 10.8 Å². The lowest BCUT2D eigenvalue weighted by Crippen LogP contribution is -2.13. The summed E-state index contributed by atoms with van der Waals surface area (Å²) in [4.78, 5) is 5.42. The number of thiazole rings is 1. The minimum Gasteiger partial charge on any atom is -0.394 e. The van der Waals surface area contributed by atoms with Gasteiger partial charge in [0.1, 0.15) is 0 Å². The van der Waals surface area contributed by atoms with Crippen molar-refractivity contribution in [3.63, 3.8) is 0 Å². The molecule has 1 atom stereocenters. The lowest BCUT2D eigenvalue weighted by molar-refractivity contribution is 0.269. The molecule has 4 heteroatoms. The molecule has 74 valence electrons. The van der Waals surface area contributed by atoms with Gasteiger partial charge in [0, 0.05) is 4.88 Å². The Morgan fingerprint density at radius 1 is 1.62 bits per heavy atom. The van der Waals surface area contributed by atoms with Gasteiger partial charge in [0.05, 0.1) is 23.4 Å². The second kappa shape index (κ2) is 4.69. The van der Waals surface area contributed by atoms with Crippen LogP contribution in [-0.4, -0.2) is 16.7 Å². The number of nitrogens with zero attached hydrogens (tertiary/aromatic N) is 1. The Bertz CT molecular complexity index is 273. The summed E-state index contributed by atoms with van der Waals surface area (Å²) in [5, 5.41) is 10.0. The molecule has 1 heterocycles. The first-order valence-electron chi connectivity index (χ1n) is 4.51. The molecule has 0 saturated carbocycles. The highest BCUT2D eigenvalue weighted by molar-refractivity contribution is 7.11. The van der Waals surface area contributed by atoms with Crippen molar-refractivity contribution in [3.05, 3.63) is 15.6 Å². The Labute approximate surface area is 82.6 Å². The lowest BCUT2D eigenvalue weighted by Gasteiger charge is -2.04. The first kappa shape index (κ1) is 10.6. The molecule has 0 aliphatic carbocycles. The third kappa shape index (κ3) is 2.49. The second-order valence-corrected chi connectivity index (χ2v) is 4.21. The molecule has 3 nitrogen and oxygen atoms in total. The molecule has 1 unspecified atom stereocenters. The number of aryl methyl sites for hydroxylation is 2. The van der Waals surface area contributed by atoms with Gasteiger partial charge in [-0.25, -0.2) is 4.98 Å². The monoisotopic (exact) mass is 200 g/mol. The van der Waals surface area contributed by atoms with E-state index in [1.54, 1.807) is 11.3 Å². The summed E-state index contributed by atoms with van der Waals surface area (Å²) in [5.41, 5.74) is 6.69. The third-order valence-corrected chi connectivity index (χ3v) is 3.22. The van der Waals surface area contributed by atoms with Crippen molar-refractivity contribution >= 4 is 11.3 Å². The molecule has 0 amide bonds. The van der Waals surface area contributed by atoms with E-state index in [1.807, 2.05) is 6.92 Å². The molecule has 0 spiro atoms. The van der Waals surface area contributed by atoms with Crippen LogP contribution in [0.25, 0.3) is 0 Å². The van der Waals surface area contributed by atoms with Crippen LogP contribution in [0.2, 0.25) is 0 Å². The van der Waals surface area contributed by atoms with Crippen molar-refractivity contribution < 1.29 is 5.11 Å². The van der Waals surface area contributed by atoms with Gasteiger partial charge in [-0.3, -0.25) is 0 Å². The standard InChI is InChI=1S/C9H16N2OS/c1-3-4-8-11-6(2)9(13-8)7(10)5-12/h7,12H,3-5,10H2,1-2H3. The Morgan fingerprint density at radius 2 is 2.31 bits per heavy atom. The summed E-state index contributed by atoms with van der Waals surface area (Å²) < 4.78 is 0. The predicted octanol–water partition coefficient (Wildman–Crippen LogP) is 1.40. The topological polar surface area (TPSA) is 59.1 Å². The summed E-state index contributed by atoms with van der Waals surface area (Å²) >= 11 is 1.62. The minimum atomic E-state index is -0.261. The van der Waals surface area contributed by atoms with E-state index in [1.165, 1.54) is 0 Å². The third-order valence-electron chi connectivity index (χ3n) is 1.87. The number of aromatic nitrogens is 1. The van der Waals surface area contributed by atoms with E-state index in [9.17, 15) is 0 Å². The highest BCUT2D eigenvalue weighted by atomic mass is 32.1. The first-order valence-corrected chi connectivity index (χ1v) is 5.33. The van der Waals surface area contributed by atoms with E-state index >= 15 is 0 Å². The molecule has 13 heavy (non-hydrogen) atoms. The maximum atomic E-state index is 8.91. The number of hydrogen-bond donors (Lipinski definition) is 2. The van der Waals surface area contributed by atoms with Gasteiger partial charge in [-0.15, -0.1) is 11.3 Å². The van der Waals surface area contributed by atoms with Crippen LogP contribution >= 0.6 is 11.3 Å². The van der Waals surface area contributed by atoms with Crippen molar-refractivity contribution in [3.8, 4) is 0 Å². The molecule has 3 N–H and O–H groups in total. The van der Waals surface area contributed by atoms with Crippen LogP contribution < -0.4 is 5.73 Å². The van der Waals surface area contributed by atoms with Gasteiger partial charge in [-0.05, 0) is 19.8 Å². The average molecular weight is 200 g/mol. The number of rotatable bonds is 4. The zero-order valence-electron chi connectivity index (χ0n) is 8.08. The van der Waals surface area contributed by atoms with Gasteiger partial charge in [-0.1, -0.05) is 6.92 Å². The molecule has 0 saturated heterocycles. The summed E-state index contributed by atoms with van der Waals surface area (Å²) in [5.74, 6) is 0. The number of nitrogens with two attached hydrogens (primary N) is 1. The predicted molar refractivity (Wildman–Crippen MR) is 54.9 cm³/mol. The van der Waals surface area contributed by atoms with Crippen LogP contribution in [0.4, 0.5) is 0 Å². The molecule has 0 aliphatic heterocycles. The molecule has 1 aromatic heterocycles. The molecule has 1 rings (SSSR count). The molecule has 1 aromatic rings. The fourth-order valence-corrected chi connectivity index (χ4v) is 2.38. The van der Waals surface area contributed by atoms with Crippen molar-refractivity contribution in [2.24, 2.45) is 5.73 Å². The smallest absolute Gasteiger partial charge is 0.0931 e. The SMILES string of the molecule is CCCc1nc(C)c(C(N)CO)s1. The van der Waals surface area contributed by atoms with E-state index in [0.29, 0.717) is 0 Å². The summed E-state index contributed by atoms with van der Waals surface area (Å²) in [6.07, 6.45) is 2.10. The fraction of sp³-hybridized carbons (Fsp3) is 0.667. The fourth-order valence-electron chi connectivity index (χ4n) is 1.21. The van der Waals surface area contributed by atoms with Crippen LogP contribution in [0.15, 0.2) is 0 Å². The molecule has 0 fully saturated rings. The van der Waals surface area contributed by atoms with Gasteiger partial charge in [-0.2, -0.15) is 0 Å². The quantitative estimate of drug-likeness (QED) is 0.772. The van der Waals surface area contributed by atoms with Crippen molar-refractivity contribution in [1.29, 1.82) is 0 Å². The summed E-state index contributed by atoms with van der Waals surface area (Å²) in [6.45, 7) is 4.07. The highest BCUT2D eigenvalue weighted by Crippen LogP contribution is 2.24. The van der Waals surface area contributed by atoms with Crippen LogP contribution in [0.3, 0.4) is 0 Å². The normalized spacial score (nSPS) is 13.2. The number of hydrogen-bond acceptors (Lipinski definition) is 4. The molecular weight excluding hydrogens is 184 g/mol. The average Bonchev–Trinajstić information content (AvgIpc) is 2.46. The van der Waals surface area contributed by atoms with Gasteiger partial charge < -0.3 is 10.8 Å². The first-order chi connectivity index (χ1) is 6.19. The van der Waals surface area contributed by atoms with Crippen LogP contribution in [-0.2, 0) is 6.42 Å². The molecule has 0 aromatic carbocycles. The van der Waals surface area contributed by atoms with E-state index < -0.39 is 0 Å². The molecule has 0 aliphatic rings. The lowest BCUT2D eigenvalue weighted by atomic mass is 10.2. The zero-order chi connectivity index (χ0) is 9.84. The second-order valence-electron chi connectivity index (χ2n) is 3.10. The van der Waals surface area contributed by atoms with Crippen LogP contribution in [0.1, 0.15) is 35.0 Å². The van der Waals surface area contributed by atoms with Crippen molar-refractivity contribution in [2.75, 3.05) is 6.61 Å². The largest absolute Gasteiger partial charge is 0.394 e.